The first-order valence-corrected chi connectivity index (χ1v) is 12.1. The Morgan fingerprint density at radius 3 is 2.74 bits per heavy atom. The van der Waals surface area contributed by atoms with E-state index in [9.17, 15) is 0 Å². The Morgan fingerprint density at radius 1 is 1.06 bits per heavy atom. The highest BCUT2D eigenvalue weighted by molar-refractivity contribution is 6.41. The molecule has 1 aliphatic heterocycles. The standard InChI is InChI=1S/C24H21Cl3N4O3/c1-24(2)33-19-13(10-32-14-4-3-12-7-16(25)22(27)30-17(12)9-14)8-18(20(19)34-24)31-6-5-15-21(26)28-11-29-23(15)31/h3-7,9,11,13,18-20H,8,10H2,1-2H3/t13-,18-,19-,20+/m1/s1. The van der Waals surface area contributed by atoms with Gasteiger partial charge in [-0.05, 0) is 44.5 Å². The predicted octanol–water partition coefficient (Wildman–Crippen LogP) is 6.10. The summed E-state index contributed by atoms with van der Waals surface area (Å²) < 4.78 is 21.0. The van der Waals surface area contributed by atoms with E-state index < -0.39 is 5.79 Å². The SMILES string of the molecule is CC1(C)O[C@@H]2[C@@H](COc3ccc4cc(Cl)c(Cl)nc4c3)C[C@@H](n3ccc4c(Cl)ncnc43)[C@@H]2O1. The summed E-state index contributed by atoms with van der Waals surface area (Å²) in [5.41, 5.74) is 1.51. The van der Waals surface area contributed by atoms with Gasteiger partial charge in [0.15, 0.2) is 5.79 Å². The molecular weight excluding hydrogens is 499 g/mol. The molecule has 0 radical (unpaired) electrons. The van der Waals surface area contributed by atoms with Crippen LogP contribution in [0.4, 0.5) is 0 Å². The largest absolute Gasteiger partial charge is 0.493 e. The number of pyridine rings is 1. The lowest BCUT2D eigenvalue weighted by atomic mass is 10.1. The van der Waals surface area contributed by atoms with Crippen molar-refractivity contribution in [3.63, 3.8) is 0 Å². The van der Waals surface area contributed by atoms with Crippen molar-refractivity contribution in [2.45, 2.75) is 44.3 Å². The van der Waals surface area contributed by atoms with Gasteiger partial charge in [-0.25, -0.2) is 15.0 Å². The van der Waals surface area contributed by atoms with Gasteiger partial charge >= 0.3 is 0 Å². The van der Waals surface area contributed by atoms with E-state index in [0.29, 0.717) is 22.5 Å². The molecule has 34 heavy (non-hydrogen) atoms. The van der Waals surface area contributed by atoms with Crippen molar-refractivity contribution in [1.82, 2.24) is 19.5 Å². The van der Waals surface area contributed by atoms with Crippen LogP contribution in [0.3, 0.4) is 0 Å². The summed E-state index contributed by atoms with van der Waals surface area (Å²) in [7, 11) is 0. The number of ether oxygens (including phenoxy) is 3. The number of hydrogen-bond donors (Lipinski definition) is 0. The van der Waals surface area contributed by atoms with E-state index in [1.807, 2.05) is 44.3 Å². The summed E-state index contributed by atoms with van der Waals surface area (Å²) in [4.78, 5) is 12.9. The smallest absolute Gasteiger partial charge is 0.163 e. The summed E-state index contributed by atoms with van der Waals surface area (Å²) in [6.45, 7) is 4.35. The second-order valence-corrected chi connectivity index (χ2v) is 10.3. The van der Waals surface area contributed by atoms with Gasteiger partial charge in [0.2, 0.25) is 0 Å². The van der Waals surface area contributed by atoms with E-state index in [1.165, 1.54) is 6.33 Å². The van der Waals surface area contributed by atoms with Crippen LogP contribution in [0.15, 0.2) is 42.9 Å². The van der Waals surface area contributed by atoms with Gasteiger partial charge in [0, 0.05) is 23.6 Å². The van der Waals surface area contributed by atoms with Gasteiger partial charge in [0.25, 0.3) is 0 Å². The lowest BCUT2D eigenvalue weighted by Gasteiger charge is -2.24. The van der Waals surface area contributed by atoms with Gasteiger partial charge in [-0.3, -0.25) is 0 Å². The molecule has 0 N–H and O–H groups in total. The zero-order valence-corrected chi connectivity index (χ0v) is 20.7. The van der Waals surface area contributed by atoms with Crippen molar-refractivity contribution in [2.24, 2.45) is 5.92 Å². The number of halogens is 3. The highest BCUT2D eigenvalue weighted by Gasteiger charge is 2.55. The summed E-state index contributed by atoms with van der Waals surface area (Å²) >= 11 is 18.5. The third kappa shape index (κ3) is 3.80. The molecule has 0 unspecified atom stereocenters. The molecule has 1 aliphatic carbocycles. The molecule has 3 aromatic heterocycles. The minimum atomic E-state index is -0.676. The molecule has 7 nitrogen and oxygen atoms in total. The van der Waals surface area contributed by atoms with E-state index >= 15 is 0 Å². The molecule has 10 heteroatoms. The summed E-state index contributed by atoms with van der Waals surface area (Å²) in [5.74, 6) is 0.150. The van der Waals surface area contributed by atoms with E-state index in [-0.39, 0.29) is 29.3 Å². The number of nitrogens with zero attached hydrogens (tertiary/aromatic N) is 4. The number of hydrogen-bond acceptors (Lipinski definition) is 6. The zero-order valence-electron chi connectivity index (χ0n) is 18.4. The Kier molecular flexibility index (Phi) is 5.39. The minimum absolute atomic E-state index is 0.0306. The van der Waals surface area contributed by atoms with E-state index in [0.717, 1.165) is 28.4 Å². The normalized spacial score (nSPS) is 25.8. The van der Waals surface area contributed by atoms with Crippen LogP contribution in [-0.2, 0) is 9.47 Å². The molecule has 1 aromatic carbocycles. The van der Waals surface area contributed by atoms with E-state index in [2.05, 4.69) is 19.5 Å². The zero-order chi connectivity index (χ0) is 23.6. The maximum atomic E-state index is 6.34. The van der Waals surface area contributed by atoms with Gasteiger partial charge in [-0.15, -0.1) is 0 Å². The van der Waals surface area contributed by atoms with Crippen LogP contribution in [0, 0.1) is 5.92 Å². The van der Waals surface area contributed by atoms with Gasteiger partial charge in [-0.2, -0.15) is 0 Å². The molecule has 4 heterocycles. The summed E-state index contributed by atoms with van der Waals surface area (Å²) in [6, 6.07) is 9.47. The minimum Gasteiger partial charge on any atom is -0.493 e. The number of aromatic nitrogens is 4. The maximum absolute atomic E-state index is 6.34. The Balaban J connectivity index is 1.27. The van der Waals surface area contributed by atoms with Crippen molar-refractivity contribution in [2.75, 3.05) is 6.61 Å². The van der Waals surface area contributed by atoms with Gasteiger partial charge < -0.3 is 18.8 Å². The molecule has 6 rings (SSSR count). The molecule has 0 spiro atoms. The first-order chi connectivity index (χ1) is 16.3. The third-order valence-electron chi connectivity index (χ3n) is 6.53. The maximum Gasteiger partial charge on any atom is 0.163 e. The number of rotatable bonds is 4. The lowest BCUT2D eigenvalue weighted by molar-refractivity contribution is -0.161. The van der Waals surface area contributed by atoms with Gasteiger partial charge in [-0.1, -0.05) is 34.8 Å². The summed E-state index contributed by atoms with van der Waals surface area (Å²) in [5, 5.41) is 2.86. The molecule has 2 fully saturated rings. The van der Waals surface area contributed by atoms with Crippen LogP contribution in [0.25, 0.3) is 21.9 Å². The average Bonchev–Trinajstić information content (AvgIpc) is 3.45. The lowest BCUT2D eigenvalue weighted by Crippen LogP contribution is -2.29. The molecule has 1 saturated carbocycles. The first kappa shape index (κ1) is 22.3. The monoisotopic (exact) mass is 518 g/mol. The van der Waals surface area contributed by atoms with Crippen LogP contribution in [0.2, 0.25) is 15.3 Å². The summed E-state index contributed by atoms with van der Waals surface area (Å²) in [6.07, 6.45) is 4.05. The second kappa shape index (κ2) is 8.21. The molecule has 4 aromatic rings. The van der Waals surface area contributed by atoms with Crippen molar-refractivity contribution in [3.8, 4) is 5.75 Å². The predicted molar refractivity (Wildman–Crippen MR) is 131 cm³/mol. The average molecular weight is 520 g/mol. The van der Waals surface area contributed by atoms with Crippen molar-refractivity contribution in [3.05, 3.63) is 58.2 Å². The van der Waals surface area contributed by atoms with Crippen LogP contribution in [0.5, 0.6) is 5.75 Å². The fourth-order valence-corrected chi connectivity index (χ4v) is 5.59. The van der Waals surface area contributed by atoms with Crippen LogP contribution in [-0.4, -0.2) is 44.1 Å². The van der Waals surface area contributed by atoms with Gasteiger partial charge in [0.05, 0.1) is 34.7 Å². The second-order valence-electron chi connectivity index (χ2n) is 9.18. The molecular formula is C24H21Cl3N4O3. The van der Waals surface area contributed by atoms with Crippen LogP contribution < -0.4 is 4.74 Å². The topological polar surface area (TPSA) is 71.3 Å². The van der Waals surface area contributed by atoms with Crippen molar-refractivity contribution < 1.29 is 14.2 Å². The molecule has 2 aliphatic rings. The Labute approximate surface area is 210 Å². The fraction of sp³-hybridized carbons (Fsp3) is 0.375. The molecule has 0 bridgehead atoms. The van der Waals surface area contributed by atoms with Crippen molar-refractivity contribution in [1.29, 1.82) is 0 Å². The van der Waals surface area contributed by atoms with E-state index in [4.69, 9.17) is 49.0 Å². The highest BCUT2D eigenvalue weighted by Crippen LogP contribution is 2.48. The molecule has 0 amide bonds. The third-order valence-corrected chi connectivity index (χ3v) is 7.51. The van der Waals surface area contributed by atoms with Crippen molar-refractivity contribution >= 4 is 56.7 Å². The number of benzene rings is 1. The highest BCUT2D eigenvalue weighted by atomic mass is 35.5. The Morgan fingerprint density at radius 2 is 1.88 bits per heavy atom. The molecule has 176 valence electrons. The fourth-order valence-electron chi connectivity index (χ4n) is 5.09. The Hall–Kier alpha value is -2.16. The first-order valence-electron chi connectivity index (χ1n) is 11.0. The molecule has 1 saturated heterocycles. The Bertz CT molecular complexity index is 1410. The number of fused-ring (bicyclic) bond motifs is 3. The van der Waals surface area contributed by atoms with Crippen LogP contribution >= 0.6 is 34.8 Å². The van der Waals surface area contributed by atoms with Gasteiger partial charge in [0.1, 0.15) is 34.1 Å². The van der Waals surface area contributed by atoms with E-state index in [1.54, 1.807) is 6.07 Å². The quantitative estimate of drug-likeness (QED) is 0.240. The van der Waals surface area contributed by atoms with Crippen LogP contribution in [0.1, 0.15) is 26.3 Å². The molecule has 4 atom stereocenters.